The SMILES string of the molecule is CC(C)(C)C(=O)SCCOP(=O)(COCCn1cnc2c(=O)[nH]c(N)nc21)OCc1cccc(Br)c1. The molecule has 0 bridgehead atoms. The standard InChI is InChI=1S/C22H29BrN5O6PS/c1-22(2,3)20(30)36-10-9-33-35(31,34-12-15-5-4-6-16(23)11-15)14-32-8-7-28-13-25-17-18(28)26-21(24)27-19(17)29/h4-6,11,13H,7-10,12,14H2,1-3H3,(H3,24,26,27,29). The Bertz CT molecular complexity index is 1310. The van der Waals surface area contributed by atoms with Gasteiger partial charge in [0.1, 0.15) is 6.35 Å². The maximum Gasteiger partial charge on any atom is 0.356 e. The molecule has 0 aliphatic carbocycles. The van der Waals surface area contributed by atoms with Gasteiger partial charge in [0.25, 0.3) is 5.56 Å². The largest absolute Gasteiger partial charge is 0.369 e. The van der Waals surface area contributed by atoms with Gasteiger partial charge in [-0.25, -0.2) is 4.98 Å². The van der Waals surface area contributed by atoms with Gasteiger partial charge < -0.3 is 24.1 Å². The second-order valence-corrected chi connectivity index (χ2v) is 12.8. The lowest BCUT2D eigenvalue weighted by Gasteiger charge is -2.20. The zero-order chi connectivity index (χ0) is 26.3. The van der Waals surface area contributed by atoms with E-state index in [0.717, 1.165) is 21.8 Å². The van der Waals surface area contributed by atoms with Crippen molar-refractivity contribution < 1.29 is 23.1 Å². The van der Waals surface area contributed by atoms with E-state index in [0.29, 0.717) is 11.4 Å². The summed E-state index contributed by atoms with van der Waals surface area (Å²) in [7, 11) is -3.65. The van der Waals surface area contributed by atoms with E-state index in [1.165, 1.54) is 6.33 Å². The predicted molar refractivity (Wildman–Crippen MR) is 143 cm³/mol. The van der Waals surface area contributed by atoms with E-state index in [1.807, 2.05) is 45.0 Å². The normalized spacial score (nSPS) is 13.7. The number of hydrogen-bond acceptors (Lipinski definition) is 10. The summed E-state index contributed by atoms with van der Waals surface area (Å²) in [4.78, 5) is 34.6. The van der Waals surface area contributed by atoms with Crippen molar-refractivity contribution in [1.29, 1.82) is 0 Å². The zero-order valence-corrected chi connectivity index (χ0v) is 23.5. The molecule has 0 saturated heterocycles. The van der Waals surface area contributed by atoms with Gasteiger partial charge in [-0.2, -0.15) is 4.98 Å². The number of H-pyrrole nitrogens is 1. The number of nitrogens with one attached hydrogen (secondary N) is 1. The Hall–Kier alpha value is -2.02. The van der Waals surface area contributed by atoms with Crippen LogP contribution < -0.4 is 11.3 Å². The number of benzene rings is 1. The Morgan fingerprint density at radius 2 is 2.06 bits per heavy atom. The summed E-state index contributed by atoms with van der Waals surface area (Å²) < 4.78 is 32.8. The van der Waals surface area contributed by atoms with Crippen molar-refractivity contribution in [2.75, 3.05) is 31.0 Å². The van der Waals surface area contributed by atoms with Gasteiger partial charge in [-0.3, -0.25) is 19.1 Å². The number of carbonyl (C=O) groups excluding carboxylic acids is 1. The molecular formula is C22H29BrN5O6PS. The first-order valence-electron chi connectivity index (χ1n) is 11.0. The van der Waals surface area contributed by atoms with Crippen LogP contribution >= 0.6 is 35.3 Å². The molecule has 0 fully saturated rings. The van der Waals surface area contributed by atoms with E-state index in [1.54, 1.807) is 4.57 Å². The molecule has 3 rings (SSSR count). The molecule has 0 spiro atoms. The lowest BCUT2D eigenvalue weighted by atomic mass is 10.00. The van der Waals surface area contributed by atoms with Crippen molar-refractivity contribution in [3.05, 3.63) is 51.0 Å². The van der Waals surface area contributed by atoms with Gasteiger partial charge in [0.05, 0.1) is 26.1 Å². The molecule has 1 unspecified atom stereocenters. The minimum atomic E-state index is -3.65. The molecule has 0 radical (unpaired) electrons. The quantitative estimate of drug-likeness (QED) is 0.228. The average Bonchev–Trinajstić information content (AvgIpc) is 3.21. The van der Waals surface area contributed by atoms with Gasteiger partial charge in [-0.15, -0.1) is 0 Å². The highest BCUT2D eigenvalue weighted by Gasteiger charge is 2.27. The van der Waals surface area contributed by atoms with Crippen LogP contribution in [0.25, 0.3) is 11.2 Å². The number of hydrogen-bond donors (Lipinski definition) is 2. The lowest BCUT2D eigenvalue weighted by Crippen LogP contribution is -2.17. The van der Waals surface area contributed by atoms with Crippen molar-refractivity contribution >= 4 is 57.5 Å². The van der Waals surface area contributed by atoms with E-state index >= 15 is 0 Å². The molecular weight excluding hydrogens is 573 g/mol. The lowest BCUT2D eigenvalue weighted by molar-refractivity contribution is -0.117. The maximum absolute atomic E-state index is 13.4. The Labute approximate surface area is 221 Å². The highest BCUT2D eigenvalue weighted by atomic mass is 79.9. The summed E-state index contributed by atoms with van der Waals surface area (Å²) in [6.45, 7) is 6.06. The number of carbonyl (C=O) groups is 1. The zero-order valence-electron chi connectivity index (χ0n) is 20.2. The van der Waals surface area contributed by atoms with Crippen molar-refractivity contribution in [2.45, 2.75) is 33.9 Å². The van der Waals surface area contributed by atoms with Gasteiger partial charge in [0, 0.05) is 22.2 Å². The molecule has 196 valence electrons. The first-order chi connectivity index (χ1) is 17.0. The van der Waals surface area contributed by atoms with Crippen LogP contribution in [0, 0.1) is 5.41 Å². The highest BCUT2D eigenvalue weighted by Crippen LogP contribution is 2.49. The Kier molecular flexibility index (Phi) is 9.90. The molecule has 14 heteroatoms. The molecule has 0 aliphatic heterocycles. The molecule has 36 heavy (non-hydrogen) atoms. The summed E-state index contributed by atoms with van der Waals surface area (Å²) in [5, 5.41) is 0.0212. The van der Waals surface area contributed by atoms with Crippen LogP contribution in [0.3, 0.4) is 0 Å². The maximum atomic E-state index is 13.4. The number of anilines is 1. The first-order valence-corrected chi connectivity index (χ1v) is 14.6. The number of halogens is 1. The minimum absolute atomic E-state index is 0.0168. The van der Waals surface area contributed by atoms with Gasteiger partial charge >= 0.3 is 7.60 Å². The topological polar surface area (TPSA) is 151 Å². The van der Waals surface area contributed by atoms with Crippen molar-refractivity contribution in [2.24, 2.45) is 5.41 Å². The summed E-state index contributed by atoms with van der Waals surface area (Å²) >= 11 is 4.53. The molecule has 11 nitrogen and oxygen atoms in total. The van der Waals surface area contributed by atoms with Crippen LogP contribution in [0.5, 0.6) is 0 Å². The molecule has 2 aromatic heterocycles. The van der Waals surface area contributed by atoms with E-state index in [2.05, 4.69) is 30.9 Å². The number of nitrogens with zero attached hydrogens (tertiary/aromatic N) is 3. The molecule has 0 aliphatic rings. The number of nitrogens with two attached hydrogens (primary N) is 1. The molecule has 0 amide bonds. The molecule has 3 aromatic rings. The molecule has 1 aromatic carbocycles. The molecule has 0 saturated carbocycles. The van der Waals surface area contributed by atoms with Crippen LogP contribution in [0.15, 0.2) is 39.9 Å². The molecule has 1 atom stereocenters. The summed E-state index contributed by atoms with van der Waals surface area (Å²) in [6.07, 6.45) is 1.17. The third kappa shape index (κ3) is 8.25. The Morgan fingerprint density at radius 1 is 1.28 bits per heavy atom. The minimum Gasteiger partial charge on any atom is -0.369 e. The smallest absolute Gasteiger partial charge is 0.356 e. The number of aromatic amines is 1. The Morgan fingerprint density at radius 3 is 2.78 bits per heavy atom. The van der Waals surface area contributed by atoms with Crippen LogP contribution in [-0.2, 0) is 36.3 Å². The molecule has 2 heterocycles. The number of fused-ring (bicyclic) bond motifs is 1. The summed E-state index contributed by atoms with van der Waals surface area (Å²) in [6, 6.07) is 7.43. The highest BCUT2D eigenvalue weighted by molar-refractivity contribution is 9.10. The summed E-state index contributed by atoms with van der Waals surface area (Å²) in [5.41, 5.74) is 6.01. The van der Waals surface area contributed by atoms with Crippen LogP contribution in [-0.4, -0.2) is 49.9 Å². The number of thioether (sulfide) groups is 1. The second kappa shape index (κ2) is 12.5. The fourth-order valence-electron chi connectivity index (χ4n) is 2.91. The predicted octanol–water partition coefficient (Wildman–Crippen LogP) is 4.17. The number of rotatable bonds is 12. The van der Waals surface area contributed by atoms with Gasteiger partial charge in [-0.1, -0.05) is 60.6 Å². The van der Waals surface area contributed by atoms with E-state index in [-0.39, 0.29) is 49.3 Å². The first kappa shape index (κ1) is 28.5. The number of ether oxygens (including phenoxy) is 1. The third-order valence-electron chi connectivity index (χ3n) is 4.75. The van der Waals surface area contributed by atoms with Gasteiger partial charge in [0.2, 0.25) is 5.95 Å². The van der Waals surface area contributed by atoms with E-state index in [4.69, 9.17) is 19.5 Å². The fraction of sp³-hybridized carbons (Fsp3) is 0.455. The van der Waals surface area contributed by atoms with E-state index in [9.17, 15) is 14.2 Å². The van der Waals surface area contributed by atoms with Crippen molar-refractivity contribution in [3.8, 4) is 0 Å². The monoisotopic (exact) mass is 601 g/mol. The van der Waals surface area contributed by atoms with Gasteiger partial charge in [-0.05, 0) is 17.7 Å². The third-order valence-corrected chi connectivity index (χ3v) is 8.09. The fourth-order valence-corrected chi connectivity index (χ4v) is 5.56. The average molecular weight is 602 g/mol. The number of nitrogen functional groups attached to an aromatic ring is 1. The van der Waals surface area contributed by atoms with E-state index < -0.39 is 18.6 Å². The second-order valence-electron chi connectivity index (χ2n) is 8.83. The van der Waals surface area contributed by atoms with Crippen molar-refractivity contribution in [3.63, 3.8) is 0 Å². The van der Waals surface area contributed by atoms with Crippen molar-refractivity contribution in [1.82, 2.24) is 19.5 Å². The van der Waals surface area contributed by atoms with Crippen LogP contribution in [0.1, 0.15) is 26.3 Å². The van der Waals surface area contributed by atoms with Gasteiger partial charge in [0.15, 0.2) is 16.3 Å². The molecule has 3 N–H and O–H groups in total. The van der Waals surface area contributed by atoms with Crippen LogP contribution in [0.4, 0.5) is 5.95 Å². The Balaban J connectivity index is 1.58. The van der Waals surface area contributed by atoms with Crippen LogP contribution in [0.2, 0.25) is 0 Å². The number of aromatic nitrogens is 4. The number of imidazole rings is 1. The summed E-state index contributed by atoms with van der Waals surface area (Å²) in [5.74, 6) is 0.319.